The Morgan fingerprint density at radius 2 is 2.06 bits per heavy atom. The molecule has 1 amide bonds. The minimum atomic E-state index is -0.326. The highest BCUT2D eigenvalue weighted by Gasteiger charge is 2.31. The number of aromatic nitrogens is 5. The van der Waals surface area contributed by atoms with Crippen molar-refractivity contribution in [1.82, 2.24) is 29.6 Å². The number of nitrogens with zero attached hydrogens (tertiary/aromatic N) is 6. The van der Waals surface area contributed by atoms with Gasteiger partial charge in [-0.2, -0.15) is 5.10 Å². The number of ether oxygens (including phenoxy) is 1. The first-order valence-corrected chi connectivity index (χ1v) is 12.1. The Hall–Kier alpha value is -3.92. The number of hydrogen-bond donors (Lipinski definition) is 1. The summed E-state index contributed by atoms with van der Waals surface area (Å²) in [6.07, 6.45) is 8.02. The number of rotatable bonds is 8. The van der Waals surface area contributed by atoms with Gasteiger partial charge < -0.3 is 15.0 Å². The molecular formula is C26H28FN7O2. The van der Waals surface area contributed by atoms with Crippen LogP contribution in [0, 0.1) is 5.82 Å². The van der Waals surface area contributed by atoms with Crippen LogP contribution in [-0.2, 0) is 11.3 Å². The molecule has 0 radical (unpaired) electrons. The number of nitrogens with one attached hydrogen (secondary N) is 1. The molecule has 1 aliphatic heterocycles. The Kier molecular flexibility index (Phi) is 7.13. The van der Waals surface area contributed by atoms with Gasteiger partial charge in [-0.15, -0.1) is 0 Å². The van der Waals surface area contributed by atoms with Crippen LogP contribution in [-0.4, -0.2) is 68.4 Å². The minimum absolute atomic E-state index is 0.0251. The molecule has 4 heterocycles. The van der Waals surface area contributed by atoms with Crippen LogP contribution in [0.15, 0.2) is 55.0 Å². The Labute approximate surface area is 208 Å². The number of amides is 1. The predicted molar refractivity (Wildman–Crippen MR) is 134 cm³/mol. The second-order valence-corrected chi connectivity index (χ2v) is 8.78. The standard InChI is InChI=1S/C26H28FN7O2/c1-36-14-13-33-17-21(18-7-9-19(27)10-8-18)24(32-33)26(35)34-12-3-2-5-20(34)15-29-23-16-30-25-22(31-23)6-4-11-28-25/h4,6-11,16-17,20H,2-3,5,12-15H2,1H3,(H,29,31)/t20-/m0/s1. The van der Waals surface area contributed by atoms with Gasteiger partial charge in [0.15, 0.2) is 11.3 Å². The van der Waals surface area contributed by atoms with Crippen molar-refractivity contribution < 1.29 is 13.9 Å². The van der Waals surface area contributed by atoms with Crippen molar-refractivity contribution >= 4 is 22.9 Å². The van der Waals surface area contributed by atoms with Crippen LogP contribution in [0.1, 0.15) is 29.8 Å². The van der Waals surface area contributed by atoms with E-state index < -0.39 is 0 Å². The van der Waals surface area contributed by atoms with E-state index in [9.17, 15) is 9.18 Å². The average molecular weight is 490 g/mol. The molecule has 1 aromatic carbocycles. The molecule has 4 aromatic rings. The third-order valence-corrected chi connectivity index (χ3v) is 6.37. The number of anilines is 1. The molecule has 5 rings (SSSR count). The molecule has 1 fully saturated rings. The van der Waals surface area contributed by atoms with Gasteiger partial charge in [0.05, 0.1) is 19.3 Å². The summed E-state index contributed by atoms with van der Waals surface area (Å²) in [5.74, 6) is 0.184. The van der Waals surface area contributed by atoms with Gasteiger partial charge in [0.1, 0.15) is 17.2 Å². The van der Waals surface area contributed by atoms with E-state index in [0.29, 0.717) is 54.5 Å². The summed E-state index contributed by atoms with van der Waals surface area (Å²) in [6, 6.07) is 9.80. The molecule has 0 bridgehead atoms. The molecule has 186 valence electrons. The lowest BCUT2D eigenvalue weighted by Crippen LogP contribution is -2.47. The third-order valence-electron chi connectivity index (χ3n) is 6.37. The maximum Gasteiger partial charge on any atom is 0.275 e. The molecule has 1 aliphatic rings. The van der Waals surface area contributed by atoms with Crippen LogP contribution in [0.5, 0.6) is 0 Å². The maximum absolute atomic E-state index is 13.8. The average Bonchev–Trinajstić information content (AvgIpc) is 3.35. The van der Waals surface area contributed by atoms with Crippen molar-refractivity contribution in [3.63, 3.8) is 0 Å². The summed E-state index contributed by atoms with van der Waals surface area (Å²) < 4.78 is 20.4. The van der Waals surface area contributed by atoms with E-state index in [4.69, 9.17) is 4.74 Å². The highest BCUT2D eigenvalue weighted by molar-refractivity contribution is 5.99. The fraction of sp³-hybridized carbons (Fsp3) is 0.346. The lowest BCUT2D eigenvalue weighted by molar-refractivity contribution is 0.0621. The van der Waals surface area contributed by atoms with Crippen LogP contribution in [0.25, 0.3) is 22.3 Å². The largest absolute Gasteiger partial charge is 0.383 e. The molecule has 3 aromatic heterocycles. The third kappa shape index (κ3) is 5.18. The predicted octanol–water partition coefficient (Wildman–Crippen LogP) is 3.78. The van der Waals surface area contributed by atoms with E-state index in [0.717, 1.165) is 24.8 Å². The first kappa shape index (κ1) is 23.8. The van der Waals surface area contributed by atoms with Crippen LogP contribution < -0.4 is 5.32 Å². The van der Waals surface area contributed by atoms with Crippen LogP contribution >= 0.6 is 0 Å². The smallest absolute Gasteiger partial charge is 0.275 e. The van der Waals surface area contributed by atoms with Gasteiger partial charge in [-0.3, -0.25) is 9.48 Å². The monoisotopic (exact) mass is 489 g/mol. The van der Waals surface area contributed by atoms with Crippen molar-refractivity contribution in [3.05, 3.63) is 66.5 Å². The first-order chi connectivity index (χ1) is 17.6. The number of carbonyl (C=O) groups excluding carboxylic acids is 1. The molecule has 0 saturated carbocycles. The molecule has 0 unspecified atom stereocenters. The maximum atomic E-state index is 13.8. The van der Waals surface area contributed by atoms with Gasteiger partial charge in [-0.1, -0.05) is 12.1 Å². The van der Waals surface area contributed by atoms with E-state index in [2.05, 4.69) is 25.4 Å². The molecule has 1 N–H and O–H groups in total. The summed E-state index contributed by atoms with van der Waals surface area (Å²) in [6.45, 7) is 2.17. The minimum Gasteiger partial charge on any atom is -0.383 e. The molecule has 1 saturated heterocycles. The molecule has 36 heavy (non-hydrogen) atoms. The number of pyridine rings is 1. The Morgan fingerprint density at radius 3 is 2.89 bits per heavy atom. The molecule has 1 atom stereocenters. The number of piperidine rings is 1. The molecule has 0 spiro atoms. The van der Waals surface area contributed by atoms with Gasteiger partial charge >= 0.3 is 0 Å². The number of benzene rings is 1. The second-order valence-electron chi connectivity index (χ2n) is 8.78. The topological polar surface area (TPSA) is 98.1 Å². The zero-order valence-electron chi connectivity index (χ0n) is 20.1. The van der Waals surface area contributed by atoms with Crippen molar-refractivity contribution in [1.29, 1.82) is 0 Å². The SMILES string of the molecule is COCCn1cc(-c2ccc(F)cc2)c(C(=O)N2CCCC[C@H]2CNc2cnc3ncccc3n2)n1. The van der Waals surface area contributed by atoms with Crippen LogP contribution in [0.2, 0.25) is 0 Å². The van der Waals surface area contributed by atoms with E-state index in [-0.39, 0.29) is 17.8 Å². The summed E-state index contributed by atoms with van der Waals surface area (Å²) in [4.78, 5) is 28.9. The fourth-order valence-corrected chi connectivity index (χ4v) is 4.50. The highest BCUT2D eigenvalue weighted by atomic mass is 19.1. The fourth-order valence-electron chi connectivity index (χ4n) is 4.50. The van der Waals surface area contributed by atoms with Gasteiger partial charge in [0.25, 0.3) is 5.91 Å². The summed E-state index contributed by atoms with van der Waals surface area (Å²) in [5.41, 5.74) is 3.09. The molecule has 0 aliphatic carbocycles. The van der Waals surface area contributed by atoms with Crippen molar-refractivity contribution in [2.45, 2.75) is 31.8 Å². The van der Waals surface area contributed by atoms with Gasteiger partial charge in [-0.25, -0.2) is 19.3 Å². The van der Waals surface area contributed by atoms with Crippen molar-refractivity contribution in [2.24, 2.45) is 0 Å². The number of carbonyl (C=O) groups is 1. The quantitative estimate of drug-likeness (QED) is 0.402. The molecule has 9 nitrogen and oxygen atoms in total. The van der Waals surface area contributed by atoms with E-state index in [1.165, 1.54) is 12.1 Å². The number of halogens is 1. The second kappa shape index (κ2) is 10.8. The van der Waals surface area contributed by atoms with Crippen molar-refractivity contribution in [2.75, 3.05) is 32.1 Å². The van der Waals surface area contributed by atoms with E-state index in [1.807, 2.05) is 23.2 Å². The van der Waals surface area contributed by atoms with Crippen LogP contribution in [0.3, 0.4) is 0 Å². The highest BCUT2D eigenvalue weighted by Crippen LogP contribution is 2.27. The zero-order chi connectivity index (χ0) is 24.9. The Balaban J connectivity index is 1.38. The van der Waals surface area contributed by atoms with Gasteiger partial charge in [0, 0.05) is 44.2 Å². The zero-order valence-corrected chi connectivity index (χ0v) is 20.1. The van der Waals surface area contributed by atoms with Crippen molar-refractivity contribution in [3.8, 4) is 11.1 Å². The van der Waals surface area contributed by atoms with Gasteiger partial charge in [0.2, 0.25) is 0 Å². The Bertz CT molecular complexity index is 1340. The summed E-state index contributed by atoms with van der Waals surface area (Å²) in [5, 5.41) is 7.96. The summed E-state index contributed by atoms with van der Waals surface area (Å²) >= 11 is 0. The van der Waals surface area contributed by atoms with Gasteiger partial charge in [-0.05, 0) is 49.1 Å². The summed E-state index contributed by atoms with van der Waals surface area (Å²) in [7, 11) is 1.62. The first-order valence-electron chi connectivity index (χ1n) is 12.1. The molecule has 10 heteroatoms. The number of hydrogen-bond acceptors (Lipinski definition) is 7. The molecular weight excluding hydrogens is 461 g/mol. The van der Waals surface area contributed by atoms with E-state index >= 15 is 0 Å². The number of likely N-dealkylation sites (tertiary alicyclic amines) is 1. The van der Waals surface area contributed by atoms with E-state index in [1.54, 1.807) is 36.3 Å². The normalized spacial score (nSPS) is 15.8. The number of methoxy groups -OCH3 is 1. The number of fused-ring (bicyclic) bond motifs is 1. The lowest BCUT2D eigenvalue weighted by atomic mass is 10.00. The van der Waals surface area contributed by atoms with Crippen LogP contribution in [0.4, 0.5) is 10.2 Å². The lowest BCUT2D eigenvalue weighted by Gasteiger charge is -2.35. The Morgan fingerprint density at radius 1 is 1.19 bits per heavy atom.